The molecule has 132 valence electrons. The number of non-ortho nitro benzene ring substituents is 1. The van der Waals surface area contributed by atoms with Crippen molar-refractivity contribution in [2.24, 2.45) is 5.92 Å². The van der Waals surface area contributed by atoms with Crippen LogP contribution >= 0.6 is 0 Å². The zero-order valence-corrected chi connectivity index (χ0v) is 14.0. The van der Waals surface area contributed by atoms with Crippen LogP contribution in [0.2, 0.25) is 0 Å². The lowest BCUT2D eigenvalue weighted by Crippen LogP contribution is -2.51. The van der Waals surface area contributed by atoms with Gasteiger partial charge in [-0.1, -0.05) is 13.8 Å². The summed E-state index contributed by atoms with van der Waals surface area (Å²) in [4.78, 5) is 24.5. The normalized spacial score (nSPS) is 16.6. The number of nitrogens with one attached hydrogen (secondary N) is 2. The largest absolute Gasteiger partial charge is 0.379 e. The average Bonchev–Trinajstić information content (AvgIpc) is 2.56. The number of urea groups is 1. The second-order valence-corrected chi connectivity index (χ2v) is 6.10. The van der Waals surface area contributed by atoms with E-state index in [0.29, 0.717) is 18.2 Å². The van der Waals surface area contributed by atoms with Crippen LogP contribution in [0.15, 0.2) is 24.3 Å². The van der Waals surface area contributed by atoms with Crippen LogP contribution in [0.4, 0.5) is 16.2 Å². The fourth-order valence-corrected chi connectivity index (χ4v) is 2.73. The number of nitro benzene ring substituents is 1. The van der Waals surface area contributed by atoms with Gasteiger partial charge in [-0.25, -0.2) is 4.79 Å². The van der Waals surface area contributed by atoms with Gasteiger partial charge in [-0.3, -0.25) is 15.0 Å². The third-order valence-corrected chi connectivity index (χ3v) is 4.09. The Morgan fingerprint density at radius 3 is 2.46 bits per heavy atom. The van der Waals surface area contributed by atoms with Crippen molar-refractivity contribution < 1.29 is 14.5 Å². The van der Waals surface area contributed by atoms with E-state index >= 15 is 0 Å². The van der Waals surface area contributed by atoms with Gasteiger partial charge in [0, 0.05) is 43.5 Å². The first-order valence-electron chi connectivity index (χ1n) is 8.08. The molecule has 1 heterocycles. The molecule has 1 atom stereocenters. The Morgan fingerprint density at radius 1 is 1.29 bits per heavy atom. The van der Waals surface area contributed by atoms with E-state index in [9.17, 15) is 14.9 Å². The van der Waals surface area contributed by atoms with Crippen LogP contribution in [-0.2, 0) is 4.74 Å². The Hall–Kier alpha value is -2.19. The number of benzene rings is 1. The van der Waals surface area contributed by atoms with Crippen molar-refractivity contribution in [2.75, 3.05) is 38.2 Å². The van der Waals surface area contributed by atoms with E-state index < -0.39 is 4.92 Å². The molecule has 1 aliphatic rings. The van der Waals surface area contributed by atoms with Crippen LogP contribution in [0.3, 0.4) is 0 Å². The standard InChI is InChI=1S/C16H24N4O4/c1-12(2)15(19-7-9-24-10-8-19)11-17-16(21)18-13-3-5-14(6-4-13)20(22)23/h3-6,12,15H,7-11H2,1-2H3,(H2,17,18,21). The molecule has 8 nitrogen and oxygen atoms in total. The fraction of sp³-hybridized carbons (Fsp3) is 0.562. The number of hydrogen-bond donors (Lipinski definition) is 2. The molecule has 0 radical (unpaired) electrons. The molecule has 0 spiro atoms. The lowest BCUT2D eigenvalue weighted by Gasteiger charge is -2.36. The van der Waals surface area contributed by atoms with Crippen molar-refractivity contribution in [1.82, 2.24) is 10.2 Å². The number of rotatable bonds is 6. The quantitative estimate of drug-likeness (QED) is 0.612. The maximum Gasteiger partial charge on any atom is 0.319 e. The van der Waals surface area contributed by atoms with Crippen molar-refractivity contribution in [3.8, 4) is 0 Å². The topological polar surface area (TPSA) is 96.7 Å². The highest BCUT2D eigenvalue weighted by Gasteiger charge is 2.24. The van der Waals surface area contributed by atoms with Crippen LogP contribution < -0.4 is 10.6 Å². The Morgan fingerprint density at radius 2 is 1.92 bits per heavy atom. The van der Waals surface area contributed by atoms with Gasteiger partial charge in [0.05, 0.1) is 18.1 Å². The predicted molar refractivity (Wildman–Crippen MR) is 91.1 cm³/mol. The van der Waals surface area contributed by atoms with E-state index in [1.54, 1.807) is 0 Å². The summed E-state index contributed by atoms with van der Waals surface area (Å²) in [7, 11) is 0. The first-order valence-corrected chi connectivity index (χ1v) is 8.08. The second kappa shape index (κ2) is 8.60. The minimum atomic E-state index is -0.473. The van der Waals surface area contributed by atoms with Crippen molar-refractivity contribution >= 4 is 17.4 Å². The number of carbonyl (C=O) groups is 1. The van der Waals surface area contributed by atoms with Gasteiger partial charge in [0.25, 0.3) is 5.69 Å². The predicted octanol–water partition coefficient (Wildman–Crippen LogP) is 2.07. The van der Waals surface area contributed by atoms with Gasteiger partial charge < -0.3 is 15.4 Å². The van der Waals surface area contributed by atoms with Crippen LogP contribution in [-0.4, -0.2) is 54.7 Å². The van der Waals surface area contributed by atoms with Gasteiger partial charge in [0.15, 0.2) is 0 Å². The summed E-state index contributed by atoms with van der Waals surface area (Å²) in [5.41, 5.74) is 0.513. The Kier molecular flexibility index (Phi) is 6.51. The van der Waals surface area contributed by atoms with E-state index in [1.807, 2.05) is 0 Å². The summed E-state index contributed by atoms with van der Waals surface area (Å²) < 4.78 is 5.37. The molecule has 2 rings (SSSR count). The molecule has 1 fully saturated rings. The fourth-order valence-electron chi connectivity index (χ4n) is 2.73. The number of hydrogen-bond acceptors (Lipinski definition) is 5. The molecule has 1 unspecified atom stereocenters. The number of anilines is 1. The number of nitro groups is 1. The molecule has 2 amide bonds. The average molecular weight is 336 g/mol. The molecular formula is C16H24N4O4. The van der Waals surface area contributed by atoms with Crippen LogP contribution in [0.1, 0.15) is 13.8 Å². The van der Waals surface area contributed by atoms with Gasteiger partial charge in [-0.15, -0.1) is 0 Å². The number of ether oxygens (including phenoxy) is 1. The first kappa shape index (κ1) is 18.2. The summed E-state index contributed by atoms with van der Waals surface area (Å²) in [5.74, 6) is 0.405. The second-order valence-electron chi connectivity index (χ2n) is 6.10. The molecule has 2 N–H and O–H groups in total. The zero-order valence-electron chi connectivity index (χ0n) is 14.0. The van der Waals surface area contributed by atoms with E-state index in [-0.39, 0.29) is 17.8 Å². The smallest absolute Gasteiger partial charge is 0.319 e. The highest BCUT2D eigenvalue weighted by atomic mass is 16.6. The third kappa shape index (κ3) is 5.17. The van der Waals surface area contributed by atoms with E-state index in [4.69, 9.17) is 4.74 Å². The van der Waals surface area contributed by atoms with Crippen LogP contribution in [0, 0.1) is 16.0 Å². The van der Waals surface area contributed by atoms with Gasteiger partial charge in [-0.2, -0.15) is 0 Å². The van der Waals surface area contributed by atoms with Crippen LogP contribution in [0.25, 0.3) is 0 Å². The first-order chi connectivity index (χ1) is 11.5. The molecule has 0 saturated carbocycles. The Bertz CT molecular complexity index is 556. The molecule has 0 aliphatic carbocycles. The van der Waals surface area contributed by atoms with Gasteiger partial charge in [0.2, 0.25) is 0 Å². The molecule has 1 aliphatic heterocycles. The van der Waals surface area contributed by atoms with Crippen molar-refractivity contribution in [1.29, 1.82) is 0 Å². The Balaban J connectivity index is 1.85. The maximum atomic E-state index is 12.0. The van der Waals surface area contributed by atoms with E-state index in [1.165, 1.54) is 24.3 Å². The van der Waals surface area contributed by atoms with Crippen molar-refractivity contribution in [2.45, 2.75) is 19.9 Å². The van der Waals surface area contributed by atoms with Crippen molar-refractivity contribution in [3.63, 3.8) is 0 Å². The molecule has 0 bridgehead atoms. The SMILES string of the molecule is CC(C)C(CNC(=O)Nc1ccc([N+](=O)[O-])cc1)N1CCOCC1. The number of amides is 2. The number of morpholine rings is 1. The minimum absolute atomic E-state index is 0.00635. The summed E-state index contributed by atoms with van der Waals surface area (Å²) in [6.45, 7) is 7.99. The van der Waals surface area contributed by atoms with Crippen LogP contribution in [0.5, 0.6) is 0 Å². The van der Waals surface area contributed by atoms with E-state index in [2.05, 4.69) is 29.4 Å². The zero-order chi connectivity index (χ0) is 17.5. The highest BCUT2D eigenvalue weighted by molar-refractivity contribution is 5.89. The summed E-state index contributed by atoms with van der Waals surface area (Å²) >= 11 is 0. The van der Waals surface area contributed by atoms with Gasteiger partial charge in [0.1, 0.15) is 0 Å². The molecule has 1 aromatic rings. The van der Waals surface area contributed by atoms with E-state index in [0.717, 1.165) is 26.3 Å². The van der Waals surface area contributed by atoms with Gasteiger partial charge in [-0.05, 0) is 18.1 Å². The summed E-state index contributed by atoms with van der Waals surface area (Å²) in [6.07, 6.45) is 0. The number of carbonyl (C=O) groups excluding carboxylic acids is 1. The summed E-state index contributed by atoms with van der Waals surface area (Å²) in [6, 6.07) is 5.68. The molecular weight excluding hydrogens is 312 g/mol. The highest BCUT2D eigenvalue weighted by Crippen LogP contribution is 2.15. The molecule has 8 heteroatoms. The molecule has 24 heavy (non-hydrogen) atoms. The lowest BCUT2D eigenvalue weighted by molar-refractivity contribution is -0.384. The number of nitrogens with zero attached hydrogens (tertiary/aromatic N) is 2. The summed E-state index contributed by atoms with van der Waals surface area (Å²) in [5, 5.41) is 16.2. The minimum Gasteiger partial charge on any atom is -0.379 e. The molecule has 1 saturated heterocycles. The molecule has 0 aromatic heterocycles. The molecule has 1 aromatic carbocycles. The maximum absolute atomic E-state index is 12.0. The third-order valence-electron chi connectivity index (χ3n) is 4.09. The lowest BCUT2D eigenvalue weighted by atomic mass is 10.0. The van der Waals surface area contributed by atoms with Gasteiger partial charge >= 0.3 is 6.03 Å². The Labute approximate surface area is 141 Å². The van der Waals surface area contributed by atoms with Crippen molar-refractivity contribution in [3.05, 3.63) is 34.4 Å². The monoisotopic (exact) mass is 336 g/mol.